The van der Waals surface area contributed by atoms with E-state index in [0.29, 0.717) is 17.6 Å². The minimum atomic E-state index is -0.134. The smallest absolute Gasteiger partial charge is 0.159 e. The molecule has 1 aliphatic heterocycles. The largest absolute Gasteiger partial charge is 0.508 e. The fourth-order valence-electron chi connectivity index (χ4n) is 6.31. The molecule has 0 bridgehead atoms. The first kappa shape index (κ1) is 24.7. The Kier molecular flexibility index (Phi) is 7.49. The third-order valence-corrected chi connectivity index (χ3v) is 8.12. The fourth-order valence-corrected chi connectivity index (χ4v) is 6.31. The van der Waals surface area contributed by atoms with Crippen LogP contribution in [0, 0.1) is 5.92 Å². The van der Waals surface area contributed by atoms with Crippen molar-refractivity contribution >= 4 is 5.69 Å². The molecule has 5 heteroatoms. The van der Waals surface area contributed by atoms with Crippen LogP contribution in [0.4, 0.5) is 5.69 Å². The molecule has 36 heavy (non-hydrogen) atoms. The van der Waals surface area contributed by atoms with Crippen molar-refractivity contribution in [3.05, 3.63) is 89.0 Å². The highest BCUT2D eigenvalue weighted by atomic mass is 16.7. The van der Waals surface area contributed by atoms with E-state index in [4.69, 9.17) is 14.2 Å². The Bertz CT molecular complexity index is 1150. The number of fused-ring (bicyclic) bond motifs is 1. The molecular formula is C31H37NO4. The molecule has 5 nitrogen and oxygen atoms in total. The van der Waals surface area contributed by atoms with Crippen LogP contribution in [-0.4, -0.2) is 45.8 Å². The van der Waals surface area contributed by atoms with Crippen LogP contribution in [0.2, 0.25) is 0 Å². The van der Waals surface area contributed by atoms with Gasteiger partial charge in [-0.2, -0.15) is 0 Å². The molecule has 1 saturated heterocycles. The van der Waals surface area contributed by atoms with Gasteiger partial charge in [0.05, 0.1) is 7.11 Å². The summed E-state index contributed by atoms with van der Waals surface area (Å²) in [6.07, 6.45) is 3.92. The molecule has 0 spiro atoms. The molecule has 3 aromatic carbocycles. The first-order valence-electron chi connectivity index (χ1n) is 13.0. The number of aryl methyl sites for hydroxylation is 1. The number of rotatable bonds is 7. The Morgan fingerprint density at radius 2 is 1.56 bits per heavy atom. The van der Waals surface area contributed by atoms with E-state index in [9.17, 15) is 5.11 Å². The van der Waals surface area contributed by atoms with Crippen LogP contribution in [0.1, 0.15) is 53.4 Å². The summed E-state index contributed by atoms with van der Waals surface area (Å²) >= 11 is 0. The quantitative estimate of drug-likeness (QED) is 0.408. The fraction of sp³-hybridized carbons (Fsp3) is 0.419. The van der Waals surface area contributed by atoms with E-state index in [-0.39, 0.29) is 12.2 Å². The first-order valence-corrected chi connectivity index (χ1v) is 13.0. The number of benzene rings is 3. The highest BCUT2D eigenvalue weighted by molar-refractivity contribution is 5.58. The van der Waals surface area contributed by atoms with Crippen molar-refractivity contribution in [3.63, 3.8) is 0 Å². The number of nitrogens with zero attached hydrogens (tertiary/aromatic N) is 1. The van der Waals surface area contributed by atoms with Crippen LogP contribution in [0.5, 0.6) is 11.5 Å². The number of phenols is 1. The molecule has 1 N–H and O–H groups in total. The van der Waals surface area contributed by atoms with Crippen LogP contribution in [0.3, 0.4) is 0 Å². The highest BCUT2D eigenvalue weighted by Gasteiger charge is 2.34. The molecule has 0 radical (unpaired) electrons. The van der Waals surface area contributed by atoms with Gasteiger partial charge >= 0.3 is 0 Å². The Labute approximate surface area is 214 Å². The maximum Gasteiger partial charge on any atom is 0.159 e. The minimum absolute atomic E-state index is 0.134. The predicted octanol–water partition coefficient (Wildman–Crippen LogP) is 6.10. The van der Waals surface area contributed by atoms with Crippen LogP contribution < -0.4 is 9.64 Å². The second kappa shape index (κ2) is 10.9. The summed E-state index contributed by atoms with van der Waals surface area (Å²) in [5.41, 5.74) is 6.25. The summed E-state index contributed by atoms with van der Waals surface area (Å²) in [5, 5.41) is 10.1. The SMILES string of the molecule is COc1cc(N2CCC(C(OC)OC)CC2)ccc1[C@@H]1c2ccc(O)cc2CC[C@@H]1c1ccccc1. The van der Waals surface area contributed by atoms with Crippen molar-refractivity contribution in [2.24, 2.45) is 5.92 Å². The normalized spacial score (nSPS) is 20.4. The van der Waals surface area contributed by atoms with Gasteiger partial charge in [0.2, 0.25) is 0 Å². The van der Waals surface area contributed by atoms with E-state index in [0.717, 1.165) is 44.5 Å². The number of hydrogen-bond acceptors (Lipinski definition) is 5. The molecule has 2 aliphatic rings. The average molecular weight is 488 g/mol. The number of aromatic hydroxyl groups is 1. The van der Waals surface area contributed by atoms with Crippen molar-refractivity contribution in [3.8, 4) is 11.5 Å². The van der Waals surface area contributed by atoms with E-state index >= 15 is 0 Å². The molecular weight excluding hydrogens is 450 g/mol. The number of hydrogen-bond donors (Lipinski definition) is 1. The molecule has 3 aromatic rings. The molecule has 0 saturated carbocycles. The Hall–Kier alpha value is -3.02. The lowest BCUT2D eigenvalue weighted by atomic mass is 9.69. The van der Waals surface area contributed by atoms with Gasteiger partial charge in [-0.1, -0.05) is 42.5 Å². The summed E-state index contributed by atoms with van der Waals surface area (Å²) in [4.78, 5) is 2.44. The Morgan fingerprint density at radius 3 is 2.25 bits per heavy atom. The van der Waals surface area contributed by atoms with Crippen LogP contribution in [-0.2, 0) is 15.9 Å². The first-order chi connectivity index (χ1) is 17.6. The Morgan fingerprint density at radius 1 is 0.833 bits per heavy atom. The van der Waals surface area contributed by atoms with Crippen molar-refractivity contribution in [2.45, 2.75) is 43.8 Å². The topological polar surface area (TPSA) is 51.2 Å². The molecule has 1 fully saturated rings. The molecule has 0 unspecified atom stereocenters. The summed E-state index contributed by atoms with van der Waals surface area (Å²) in [5.74, 6) is 2.18. The number of ether oxygens (including phenoxy) is 3. The molecule has 190 valence electrons. The summed E-state index contributed by atoms with van der Waals surface area (Å²) < 4.78 is 17.0. The van der Waals surface area contributed by atoms with Crippen molar-refractivity contribution in [1.82, 2.24) is 0 Å². The van der Waals surface area contributed by atoms with Gasteiger partial charge in [0.25, 0.3) is 0 Å². The predicted molar refractivity (Wildman–Crippen MR) is 143 cm³/mol. The number of phenolic OH excluding ortho intramolecular Hbond substituents is 1. The van der Waals surface area contributed by atoms with Crippen molar-refractivity contribution in [1.29, 1.82) is 0 Å². The second-order valence-electron chi connectivity index (χ2n) is 10.0. The summed E-state index contributed by atoms with van der Waals surface area (Å²) in [6, 6.07) is 23.4. The van der Waals surface area contributed by atoms with Crippen LogP contribution in [0.25, 0.3) is 0 Å². The highest BCUT2D eigenvalue weighted by Crippen LogP contribution is 2.49. The maximum atomic E-state index is 10.1. The standard InChI is InChI=1S/C31H37NO4/c1-34-29-20-24(32-17-15-22(16-18-32)31(35-2)36-3)10-13-28(29)30-26(21-7-5-4-6-8-21)12-9-23-19-25(33)11-14-27(23)30/h4-8,10-11,13-14,19-20,22,26,30-31,33H,9,12,15-18H2,1-3H3/t26-,30+/m1/s1. The average Bonchev–Trinajstić information content (AvgIpc) is 2.93. The zero-order valence-electron chi connectivity index (χ0n) is 21.5. The molecule has 1 heterocycles. The molecule has 5 rings (SSSR count). The molecule has 1 aliphatic carbocycles. The Balaban J connectivity index is 1.47. The van der Waals surface area contributed by atoms with Gasteiger partial charge in [0, 0.05) is 56.5 Å². The lowest BCUT2D eigenvalue weighted by molar-refractivity contribution is -0.141. The lowest BCUT2D eigenvalue weighted by Crippen LogP contribution is -2.39. The third-order valence-electron chi connectivity index (χ3n) is 8.12. The van der Waals surface area contributed by atoms with Crippen molar-refractivity contribution in [2.75, 3.05) is 39.3 Å². The van der Waals surface area contributed by atoms with E-state index < -0.39 is 0 Å². The van der Waals surface area contributed by atoms with E-state index in [2.05, 4.69) is 59.5 Å². The summed E-state index contributed by atoms with van der Waals surface area (Å²) in [7, 11) is 5.21. The van der Waals surface area contributed by atoms with Crippen molar-refractivity contribution < 1.29 is 19.3 Å². The number of piperidine rings is 1. The monoisotopic (exact) mass is 487 g/mol. The van der Waals surface area contributed by atoms with Gasteiger partial charge in [-0.25, -0.2) is 0 Å². The summed E-state index contributed by atoms with van der Waals surface area (Å²) in [6.45, 7) is 1.93. The van der Waals surface area contributed by atoms with Crippen LogP contribution >= 0.6 is 0 Å². The number of methoxy groups -OCH3 is 3. The van der Waals surface area contributed by atoms with E-state index in [1.165, 1.54) is 27.9 Å². The van der Waals surface area contributed by atoms with Gasteiger partial charge in [-0.05, 0) is 66.5 Å². The van der Waals surface area contributed by atoms with E-state index in [1.807, 2.05) is 12.1 Å². The second-order valence-corrected chi connectivity index (χ2v) is 10.0. The zero-order chi connectivity index (χ0) is 25.1. The maximum absolute atomic E-state index is 10.1. The molecule has 0 aromatic heterocycles. The number of anilines is 1. The van der Waals surface area contributed by atoms with Gasteiger partial charge in [-0.15, -0.1) is 0 Å². The van der Waals surface area contributed by atoms with Gasteiger partial charge in [-0.3, -0.25) is 0 Å². The lowest BCUT2D eigenvalue weighted by Gasteiger charge is -2.37. The minimum Gasteiger partial charge on any atom is -0.508 e. The third kappa shape index (κ3) is 4.82. The molecule has 2 atom stereocenters. The van der Waals surface area contributed by atoms with E-state index in [1.54, 1.807) is 21.3 Å². The van der Waals surface area contributed by atoms with Gasteiger partial charge in [0.1, 0.15) is 11.5 Å². The van der Waals surface area contributed by atoms with Gasteiger partial charge in [0.15, 0.2) is 6.29 Å². The van der Waals surface area contributed by atoms with Gasteiger partial charge < -0.3 is 24.2 Å². The zero-order valence-corrected chi connectivity index (χ0v) is 21.5. The molecule has 0 amide bonds. The van der Waals surface area contributed by atoms with Crippen LogP contribution in [0.15, 0.2) is 66.7 Å².